The van der Waals surface area contributed by atoms with Crippen molar-refractivity contribution in [2.75, 3.05) is 12.4 Å². The molecule has 112 valence electrons. The van der Waals surface area contributed by atoms with Crippen LogP contribution in [-0.2, 0) is 0 Å². The van der Waals surface area contributed by atoms with Crippen molar-refractivity contribution in [1.82, 2.24) is 25.1 Å². The van der Waals surface area contributed by atoms with Gasteiger partial charge in [-0.3, -0.25) is 0 Å². The van der Waals surface area contributed by atoms with Crippen molar-refractivity contribution in [2.24, 2.45) is 0 Å². The van der Waals surface area contributed by atoms with Gasteiger partial charge in [0.1, 0.15) is 11.5 Å². The van der Waals surface area contributed by atoms with Crippen LogP contribution in [0.15, 0.2) is 18.2 Å². The highest BCUT2D eigenvalue weighted by atomic mass is 19.1. The van der Waals surface area contributed by atoms with Gasteiger partial charge in [0.15, 0.2) is 5.82 Å². The van der Waals surface area contributed by atoms with Gasteiger partial charge in [0.25, 0.3) is 0 Å². The minimum absolute atomic E-state index is 0.0617. The number of carbonyl (C=O) groups is 1. The number of anilines is 1. The van der Waals surface area contributed by atoms with E-state index in [9.17, 15) is 9.18 Å². The van der Waals surface area contributed by atoms with Gasteiger partial charge in [-0.05, 0) is 49.4 Å². The maximum absolute atomic E-state index is 13.9. The molecule has 1 N–H and O–H groups in total. The predicted octanol–water partition coefficient (Wildman–Crippen LogP) is 1.98. The molecule has 0 unspecified atom stereocenters. The number of amides is 2. The van der Waals surface area contributed by atoms with E-state index in [0.717, 1.165) is 0 Å². The maximum atomic E-state index is 13.9. The van der Waals surface area contributed by atoms with Crippen LogP contribution < -0.4 is 5.32 Å². The summed E-state index contributed by atoms with van der Waals surface area (Å²) in [7, 11) is 1.69. The first-order chi connectivity index (χ1) is 9.90. The Labute approximate surface area is 121 Å². The second-order valence-corrected chi connectivity index (χ2v) is 4.94. The summed E-state index contributed by atoms with van der Waals surface area (Å²) >= 11 is 0. The van der Waals surface area contributed by atoms with Crippen LogP contribution in [0.4, 0.5) is 14.9 Å². The van der Waals surface area contributed by atoms with E-state index in [4.69, 9.17) is 0 Å². The average Bonchev–Trinajstić information content (AvgIpc) is 2.86. The third kappa shape index (κ3) is 3.15. The van der Waals surface area contributed by atoms with Crippen molar-refractivity contribution in [1.29, 1.82) is 0 Å². The Kier molecular flexibility index (Phi) is 4.15. The van der Waals surface area contributed by atoms with Crippen LogP contribution in [0.25, 0.3) is 5.69 Å². The van der Waals surface area contributed by atoms with Crippen molar-refractivity contribution in [3.05, 3.63) is 29.8 Å². The molecule has 1 heterocycles. The fraction of sp³-hybridized carbons (Fsp3) is 0.385. The van der Waals surface area contributed by atoms with E-state index >= 15 is 0 Å². The summed E-state index contributed by atoms with van der Waals surface area (Å²) in [6.07, 6.45) is 0. The first-order valence-electron chi connectivity index (χ1n) is 6.49. The molecule has 7 nitrogen and oxygen atoms in total. The summed E-state index contributed by atoms with van der Waals surface area (Å²) in [6, 6.07) is 4.04. The second kappa shape index (κ2) is 5.86. The Bertz CT molecular complexity index is 654. The number of tetrazole rings is 1. The van der Waals surface area contributed by atoms with Gasteiger partial charge in [-0.2, -0.15) is 4.68 Å². The zero-order valence-corrected chi connectivity index (χ0v) is 12.3. The van der Waals surface area contributed by atoms with E-state index in [-0.39, 0.29) is 17.8 Å². The molecule has 0 aliphatic heterocycles. The molecular formula is C13H17FN6O. The van der Waals surface area contributed by atoms with Crippen molar-refractivity contribution in [3.63, 3.8) is 0 Å². The summed E-state index contributed by atoms with van der Waals surface area (Å²) in [5.41, 5.74) is 0.654. The number of rotatable bonds is 3. The van der Waals surface area contributed by atoms with Gasteiger partial charge < -0.3 is 10.2 Å². The number of halogens is 1. The molecule has 8 heteroatoms. The fourth-order valence-electron chi connectivity index (χ4n) is 1.65. The van der Waals surface area contributed by atoms with Gasteiger partial charge in [0.2, 0.25) is 0 Å². The average molecular weight is 292 g/mol. The molecule has 2 aromatic rings. The Morgan fingerprint density at radius 2 is 2.14 bits per heavy atom. The van der Waals surface area contributed by atoms with Crippen LogP contribution in [0.1, 0.15) is 19.7 Å². The molecule has 0 bridgehead atoms. The standard InChI is InChI=1S/C13H17FN6O/c1-8(2)19(4)13(21)15-10-5-6-11(14)12(7-10)20-9(3)16-17-18-20/h5-8H,1-4H3,(H,15,21). The lowest BCUT2D eigenvalue weighted by atomic mass is 10.2. The first kappa shape index (κ1) is 14.9. The normalized spacial score (nSPS) is 10.8. The van der Waals surface area contributed by atoms with Gasteiger partial charge in [0.05, 0.1) is 0 Å². The molecule has 0 fully saturated rings. The lowest BCUT2D eigenvalue weighted by Crippen LogP contribution is -2.36. The molecule has 21 heavy (non-hydrogen) atoms. The SMILES string of the molecule is Cc1nnnn1-c1cc(NC(=O)N(C)C(C)C)ccc1F. The number of carbonyl (C=O) groups excluding carboxylic acids is 1. The van der Waals surface area contributed by atoms with E-state index in [0.29, 0.717) is 11.5 Å². The number of urea groups is 1. The van der Waals surface area contributed by atoms with Gasteiger partial charge in [-0.15, -0.1) is 5.10 Å². The number of aromatic nitrogens is 4. The molecule has 0 aliphatic rings. The fourth-order valence-corrected chi connectivity index (χ4v) is 1.65. The highest BCUT2D eigenvalue weighted by Crippen LogP contribution is 2.19. The molecule has 0 saturated heterocycles. The van der Waals surface area contributed by atoms with Crippen molar-refractivity contribution < 1.29 is 9.18 Å². The lowest BCUT2D eigenvalue weighted by molar-refractivity contribution is 0.211. The summed E-state index contributed by atoms with van der Waals surface area (Å²) in [5.74, 6) is -0.0164. The minimum atomic E-state index is -0.472. The predicted molar refractivity (Wildman–Crippen MR) is 75.8 cm³/mol. The topological polar surface area (TPSA) is 75.9 Å². The summed E-state index contributed by atoms with van der Waals surface area (Å²) in [5, 5.41) is 13.6. The van der Waals surface area contributed by atoms with Crippen molar-refractivity contribution in [3.8, 4) is 5.69 Å². The van der Waals surface area contributed by atoms with E-state index in [1.165, 1.54) is 22.9 Å². The second-order valence-electron chi connectivity index (χ2n) is 4.94. The van der Waals surface area contributed by atoms with E-state index in [2.05, 4.69) is 20.8 Å². The highest BCUT2D eigenvalue weighted by molar-refractivity contribution is 5.89. The third-order valence-electron chi connectivity index (χ3n) is 3.15. The Morgan fingerprint density at radius 3 is 2.71 bits per heavy atom. The van der Waals surface area contributed by atoms with Gasteiger partial charge in [-0.25, -0.2) is 9.18 Å². The molecule has 2 amide bonds. The zero-order valence-electron chi connectivity index (χ0n) is 12.3. The number of benzene rings is 1. The van der Waals surface area contributed by atoms with Crippen LogP contribution in [0.3, 0.4) is 0 Å². The molecule has 0 spiro atoms. The smallest absolute Gasteiger partial charge is 0.321 e. The molecule has 0 atom stereocenters. The number of aryl methyl sites for hydroxylation is 1. The summed E-state index contributed by atoms with van der Waals surface area (Å²) in [4.78, 5) is 13.5. The Hall–Kier alpha value is -2.51. The monoisotopic (exact) mass is 292 g/mol. The van der Waals surface area contributed by atoms with Crippen LogP contribution in [0, 0.1) is 12.7 Å². The van der Waals surface area contributed by atoms with Crippen LogP contribution in [-0.4, -0.2) is 44.2 Å². The lowest BCUT2D eigenvalue weighted by Gasteiger charge is -2.22. The molecule has 2 rings (SSSR count). The van der Waals surface area contributed by atoms with Gasteiger partial charge in [-0.1, -0.05) is 0 Å². The van der Waals surface area contributed by atoms with Crippen LogP contribution in [0.2, 0.25) is 0 Å². The molecule has 0 saturated carbocycles. The molecular weight excluding hydrogens is 275 g/mol. The van der Waals surface area contributed by atoms with Gasteiger partial charge >= 0.3 is 6.03 Å². The third-order valence-corrected chi connectivity index (χ3v) is 3.15. The molecule has 1 aromatic carbocycles. The van der Waals surface area contributed by atoms with Crippen LogP contribution in [0.5, 0.6) is 0 Å². The summed E-state index contributed by atoms with van der Waals surface area (Å²) < 4.78 is 15.2. The summed E-state index contributed by atoms with van der Waals surface area (Å²) in [6.45, 7) is 5.47. The molecule has 1 aromatic heterocycles. The molecule has 0 aliphatic carbocycles. The van der Waals surface area contributed by atoms with E-state index in [1.807, 2.05) is 13.8 Å². The van der Waals surface area contributed by atoms with Crippen LogP contribution >= 0.6 is 0 Å². The quantitative estimate of drug-likeness (QED) is 0.938. The number of hydrogen-bond donors (Lipinski definition) is 1. The zero-order chi connectivity index (χ0) is 15.6. The van der Waals surface area contributed by atoms with E-state index < -0.39 is 5.82 Å². The van der Waals surface area contributed by atoms with Crippen molar-refractivity contribution >= 4 is 11.7 Å². The van der Waals surface area contributed by atoms with E-state index in [1.54, 1.807) is 18.9 Å². The Morgan fingerprint density at radius 1 is 1.43 bits per heavy atom. The number of hydrogen-bond acceptors (Lipinski definition) is 4. The minimum Gasteiger partial charge on any atom is -0.325 e. The molecule has 0 radical (unpaired) electrons. The first-order valence-corrected chi connectivity index (χ1v) is 6.49. The highest BCUT2D eigenvalue weighted by Gasteiger charge is 2.14. The Balaban J connectivity index is 2.28. The number of nitrogens with zero attached hydrogens (tertiary/aromatic N) is 5. The van der Waals surface area contributed by atoms with Crippen molar-refractivity contribution in [2.45, 2.75) is 26.8 Å². The van der Waals surface area contributed by atoms with Gasteiger partial charge in [0, 0.05) is 18.8 Å². The largest absolute Gasteiger partial charge is 0.325 e. The maximum Gasteiger partial charge on any atom is 0.321 e. The number of nitrogens with one attached hydrogen (secondary N) is 1.